The molecule has 0 bridgehead atoms. The zero-order valence-corrected chi connectivity index (χ0v) is 19.4. The van der Waals surface area contributed by atoms with Crippen LogP contribution in [0.2, 0.25) is 5.02 Å². The molecule has 0 unspecified atom stereocenters. The molecule has 1 heterocycles. The number of morpholine rings is 1. The second-order valence-electron chi connectivity index (χ2n) is 7.05. The Kier molecular flexibility index (Phi) is 7.17. The zero-order chi connectivity index (χ0) is 22.6. The molecule has 0 saturated carbocycles. The van der Waals surface area contributed by atoms with Gasteiger partial charge in [0.05, 0.1) is 28.7 Å². The molecule has 9 heteroatoms. The molecule has 166 valence electrons. The Morgan fingerprint density at radius 3 is 2.25 bits per heavy atom. The second-order valence-corrected chi connectivity index (χ2v) is 10.5. The molecule has 1 amide bonds. The van der Waals surface area contributed by atoms with Gasteiger partial charge in [-0.05, 0) is 54.6 Å². The second kappa shape index (κ2) is 10.1. The largest absolute Gasteiger partial charge is 0.379 e. The van der Waals surface area contributed by atoms with Crippen molar-refractivity contribution in [1.29, 1.82) is 0 Å². The highest BCUT2D eigenvalue weighted by Gasteiger charge is 2.27. The lowest BCUT2D eigenvalue weighted by molar-refractivity contribution is 0.0730. The molecule has 32 heavy (non-hydrogen) atoms. The average molecular weight is 489 g/mol. The number of nitrogens with zero attached hydrogens (tertiary/aromatic N) is 1. The molecule has 1 aliphatic heterocycles. The van der Waals surface area contributed by atoms with Gasteiger partial charge in [-0.3, -0.25) is 4.79 Å². The minimum absolute atomic E-state index is 0.0586. The van der Waals surface area contributed by atoms with E-state index in [9.17, 15) is 13.2 Å². The molecule has 1 aliphatic rings. The molecular formula is C23H21ClN2O4S2. The van der Waals surface area contributed by atoms with Crippen LogP contribution < -0.4 is 5.32 Å². The lowest BCUT2D eigenvalue weighted by atomic mass is 10.2. The minimum Gasteiger partial charge on any atom is -0.379 e. The number of sulfonamides is 1. The predicted molar refractivity (Wildman–Crippen MR) is 126 cm³/mol. The number of carbonyl (C=O) groups excluding carboxylic acids is 1. The monoisotopic (exact) mass is 488 g/mol. The summed E-state index contributed by atoms with van der Waals surface area (Å²) in [4.78, 5) is 14.9. The fourth-order valence-corrected chi connectivity index (χ4v) is 5.81. The van der Waals surface area contributed by atoms with Crippen LogP contribution in [0, 0.1) is 0 Å². The number of nitrogens with one attached hydrogen (secondary N) is 1. The van der Waals surface area contributed by atoms with Crippen molar-refractivity contribution in [3.63, 3.8) is 0 Å². The van der Waals surface area contributed by atoms with Gasteiger partial charge >= 0.3 is 0 Å². The highest BCUT2D eigenvalue weighted by molar-refractivity contribution is 7.99. The Hall–Kier alpha value is -2.36. The first-order chi connectivity index (χ1) is 15.4. The van der Waals surface area contributed by atoms with Crippen molar-refractivity contribution in [3.05, 3.63) is 83.4 Å². The van der Waals surface area contributed by atoms with Gasteiger partial charge in [0.15, 0.2) is 0 Å². The van der Waals surface area contributed by atoms with Crippen molar-refractivity contribution >= 4 is 45.0 Å². The maximum absolute atomic E-state index is 12.8. The minimum atomic E-state index is -3.68. The van der Waals surface area contributed by atoms with E-state index in [0.717, 1.165) is 9.79 Å². The van der Waals surface area contributed by atoms with Gasteiger partial charge in [0, 0.05) is 28.6 Å². The highest BCUT2D eigenvalue weighted by Crippen LogP contribution is 2.29. The van der Waals surface area contributed by atoms with E-state index in [2.05, 4.69) is 5.32 Å². The van der Waals surface area contributed by atoms with E-state index in [-0.39, 0.29) is 15.5 Å². The summed E-state index contributed by atoms with van der Waals surface area (Å²) in [6, 6.07) is 21.6. The molecule has 0 radical (unpaired) electrons. The van der Waals surface area contributed by atoms with E-state index in [4.69, 9.17) is 16.3 Å². The first kappa shape index (κ1) is 22.8. The molecule has 0 spiro atoms. The molecule has 6 nitrogen and oxygen atoms in total. The van der Waals surface area contributed by atoms with Crippen LogP contribution >= 0.6 is 23.4 Å². The SMILES string of the molecule is O=C(Nc1ccc(Sc2ccccc2)cc1)c1ccc(S(=O)(=O)N2CCOCC2)cc1Cl. The Labute approximate surface area is 196 Å². The molecule has 0 atom stereocenters. The number of carbonyl (C=O) groups is 1. The quantitative estimate of drug-likeness (QED) is 0.541. The van der Waals surface area contributed by atoms with Gasteiger partial charge in [-0.15, -0.1) is 0 Å². The maximum Gasteiger partial charge on any atom is 0.257 e. The summed E-state index contributed by atoms with van der Waals surface area (Å²) in [6.07, 6.45) is 0. The van der Waals surface area contributed by atoms with Crippen molar-refractivity contribution in [2.75, 3.05) is 31.6 Å². The van der Waals surface area contributed by atoms with Crippen molar-refractivity contribution in [2.24, 2.45) is 0 Å². The molecule has 3 aromatic rings. The number of rotatable bonds is 6. The van der Waals surface area contributed by atoms with Gasteiger partial charge < -0.3 is 10.1 Å². The highest BCUT2D eigenvalue weighted by atomic mass is 35.5. The Morgan fingerprint density at radius 2 is 1.59 bits per heavy atom. The summed E-state index contributed by atoms with van der Waals surface area (Å²) < 4.78 is 32.1. The molecule has 0 aliphatic carbocycles. The number of hydrogen-bond acceptors (Lipinski definition) is 5. The van der Waals surface area contributed by atoms with Gasteiger partial charge in [-0.1, -0.05) is 41.6 Å². The lowest BCUT2D eigenvalue weighted by Crippen LogP contribution is -2.40. The summed E-state index contributed by atoms with van der Waals surface area (Å²) in [6.45, 7) is 1.30. The molecule has 1 N–H and O–H groups in total. The number of benzene rings is 3. The fraction of sp³-hybridized carbons (Fsp3) is 0.174. The van der Waals surface area contributed by atoms with E-state index >= 15 is 0 Å². The van der Waals surface area contributed by atoms with Crippen LogP contribution in [0.1, 0.15) is 10.4 Å². The van der Waals surface area contributed by atoms with Crippen LogP contribution in [0.15, 0.2) is 87.5 Å². The molecule has 1 fully saturated rings. The smallest absolute Gasteiger partial charge is 0.257 e. The van der Waals surface area contributed by atoms with Crippen LogP contribution in [-0.4, -0.2) is 44.9 Å². The molecule has 1 saturated heterocycles. The van der Waals surface area contributed by atoms with E-state index in [1.807, 2.05) is 54.6 Å². The number of hydrogen-bond donors (Lipinski definition) is 1. The average Bonchev–Trinajstić information content (AvgIpc) is 2.81. The third-order valence-electron chi connectivity index (χ3n) is 4.88. The van der Waals surface area contributed by atoms with Gasteiger partial charge in [0.25, 0.3) is 5.91 Å². The normalized spacial score (nSPS) is 14.8. The Morgan fingerprint density at radius 1 is 0.938 bits per heavy atom. The summed E-state index contributed by atoms with van der Waals surface area (Å²) in [5.41, 5.74) is 0.823. The van der Waals surface area contributed by atoms with Crippen LogP contribution in [0.4, 0.5) is 5.69 Å². The van der Waals surface area contributed by atoms with Crippen molar-refractivity contribution in [2.45, 2.75) is 14.7 Å². The third kappa shape index (κ3) is 5.33. The Balaban J connectivity index is 1.44. The van der Waals surface area contributed by atoms with Gasteiger partial charge in [0.2, 0.25) is 10.0 Å². The van der Waals surface area contributed by atoms with E-state index < -0.39 is 15.9 Å². The molecule has 4 rings (SSSR count). The van der Waals surface area contributed by atoms with Gasteiger partial charge in [-0.2, -0.15) is 4.31 Å². The summed E-state index contributed by atoms with van der Waals surface area (Å²) in [5.74, 6) is -0.409. The molecule has 0 aromatic heterocycles. The fourth-order valence-electron chi connectivity index (χ4n) is 3.21. The maximum atomic E-state index is 12.8. The summed E-state index contributed by atoms with van der Waals surface area (Å²) in [5, 5.41) is 2.88. The molecule has 3 aromatic carbocycles. The van der Waals surface area contributed by atoms with E-state index in [0.29, 0.717) is 32.0 Å². The topological polar surface area (TPSA) is 75.7 Å². The van der Waals surface area contributed by atoms with Crippen molar-refractivity contribution in [3.8, 4) is 0 Å². The molecular weight excluding hydrogens is 468 g/mol. The summed E-state index contributed by atoms with van der Waals surface area (Å²) >= 11 is 7.91. The van der Waals surface area contributed by atoms with Crippen LogP contribution in [-0.2, 0) is 14.8 Å². The Bertz CT molecular complexity index is 1200. The van der Waals surface area contributed by atoms with Crippen LogP contribution in [0.5, 0.6) is 0 Å². The van der Waals surface area contributed by atoms with Crippen molar-refractivity contribution in [1.82, 2.24) is 4.31 Å². The van der Waals surface area contributed by atoms with Crippen molar-refractivity contribution < 1.29 is 17.9 Å². The lowest BCUT2D eigenvalue weighted by Gasteiger charge is -2.26. The van der Waals surface area contributed by atoms with Gasteiger partial charge in [-0.25, -0.2) is 8.42 Å². The first-order valence-electron chi connectivity index (χ1n) is 9.95. The number of anilines is 1. The number of amides is 1. The summed E-state index contributed by atoms with van der Waals surface area (Å²) in [7, 11) is -3.68. The third-order valence-corrected chi connectivity index (χ3v) is 8.11. The van der Waals surface area contributed by atoms with Gasteiger partial charge in [0.1, 0.15) is 0 Å². The zero-order valence-electron chi connectivity index (χ0n) is 17.0. The van der Waals surface area contributed by atoms with E-state index in [1.54, 1.807) is 11.8 Å². The van der Waals surface area contributed by atoms with Crippen LogP contribution in [0.25, 0.3) is 0 Å². The number of ether oxygens (including phenoxy) is 1. The van der Waals surface area contributed by atoms with E-state index in [1.165, 1.54) is 22.5 Å². The van der Waals surface area contributed by atoms with Crippen LogP contribution in [0.3, 0.4) is 0 Å². The standard InChI is InChI=1S/C23H21ClN2O4S2/c24-22-16-20(32(28,29)26-12-14-30-15-13-26)10-11-21(22)23(27)25-17-6-8-19(9-7-17)31-18-4-2-1-3-5-18/h1-11,16H,12-15H2,(H,25,27). The first-order valence-corrected chi connectivity index (χ1v) is 12.6. The predicted octanol–water partition coefficient (Wildman–Crippen LogP) is 4.76. The number of halogens is 1.